The Morgan fingerprint density at radius 1 is 1.21 bits per heavy atom. The highest BCUT2D eigenvalue weighted by Gasteiger charge is 2.36. The third kappa shape index (κ3) is 2.97. The molecule has 0 atom stereocenters. The molecule has 4 nitrogen and oxygen atoms in total. The van der Waals surface area contributed by atoms with Crippen molar-refractivity contribution in [1.82, 2.24) is 4.98 Å². The highest BCUT2D eigenvalue weighted by molar-refractivity contribution is 5.95. The largest absolute Gasteiger partial charge is 0.462 e. The summed E-state index contributed by atoms with van der Waals surface area (Å²) in [6, 6.07) is 10.5. The van der Waals surface area contributed by atoms with Gasteiger partial charge in [0.2, 0.25) is 5.89 Å². The van der Waals surface area contributed by atoms with E-state index in [1.54, 1.807) is 37.3 Å². The Balaban J connectivity index is 2.21. The summed E-state index contributed by atoms with van der Waals surface area (Å²) in [5.74, 6) is -0.792. The number of fused-ring (bicyclic) bond motifs is 1. The molecule has 0 aliphatic carbocycles. The molecule has 0 fully saturated rings. The van der Waals surface area contributed by atoms with Gasteiger partial charge in [-0.2, -0.15) is 13.2 Å². The standard InChI is InChI=1S/C17H12F3NO3/c1-2-23-16(22)11-8-12(17(18,19)20)14-13(9-11)24-15(21-14)10-6-4-3-5-7-10/h3-9H,2H2,1H3. The van der Waals surface area contributed by atoms with Crippen molar-refractivity contribution in [2.45, 2.75) is 13.1 Å². The van der Waals surface area contributed by atoms with Crippen molar-refractivity contribution in [3.63, 3.8) is 0 Å². The van der Waals surface area contributed by atoms with E-state index in [1.807, 2.05) is 0 Å². The van der Waals surface area contributed by atoms with Crippen LogP contribution in [-0.2, 0) is 10.9 Å². The van der Waals surface area contributed by atoms with E-state index in [4.69, 9.17) is 9.15 Å². The number of alkyl halides is 3. The first-order chi connectivity index (χ1) is 11.4. The summed E-state index contributed by atoms with van der Waals surface area (Å²) in [5.41, 5.74) is -1.18. The fourth-order valence-corrected chi connectivity index (χ4v) is 2.28. The average Bonchev–Trinajstić information content (AvgIpc) is 2.98. The van der Waals surface area contributed by atoms with Crippen molar-refractivity contribution < 1.29 is 27.1 Å². The number of rotatable bonds is 3. The van der Waals surface area contributed by atoms with Crippen LogP contribution in [0.15, 0.2) is 46.9 Å². The lowest BCUT2D eigenvalue weighted by molar-refractivity contribution is -0.136. The van der Waals surface area contributed by atoms with Gasteiger partial charge >= 0.3 is 12.1 Å². The van der Waals surface area contributed by atoms with E-state index < -0.39 is 17.7 Å². The molecule has 1 heterocycles. The Kier molecular flexibility index (Phi) is 4.01. The second kappa shape index (κ2) is 5.99. The molecule has 1 aromatic heterocycles. The first-order valence-corrected chi connectivity index (χ1v) is 7.14. The van der Waals surface area contributed by atoms with E-state index >= 15 is 0 Å². The molecule has 3 aromatic rings. The number of benzene rings is 2. The van der Waals surface area contributed by atoms with Crippen LogP contribution < -0.4 is 0 Å². The van der Waals surface area contributed by atoms with Gasteiger partial charge in [0.1, 0.15) is 5.52 Å². The molecule has 0 radical (unpaired) electrons. The first-order valence-electron chi connectivity index (χ1n) is 7.14. The summed E-state index contributed by atoms with van der Waals surface area (Å²) in [7, 11) is 0. The molecular formula is C17H12F3NO3. The molecular weight excluding hydrogens is 323 g/mol. The maximum atomic E-state index is 13.3. The molecule has 0 aliphatic rings. The topological polar surface area (TPSA) is 52.3 Å². The lowest BCUT2D eigenvalue weighted by Crippen LogP contribution is -2.10. The second-order valence-corrected chi connectivity index (χ2v) is 4.97. The highest BCUT2D eigenvalue weighted by Crippen LogP contribution is 2.37. The van der Waals surface area contributed by atoms with Crippen LogP contribution in [0.3, 0.4) is 0 Å². The Hall–Kier alpha value is -2.83. The zero-order valence-electron chi connectivity index (χ0n) is 12.6. The number of esters is 1. The predicted octanol–water partition coefficient (Wildman–Crippen LogP) is 4.69. The van der Waals surface area contributed by atoms with Gasteiger partial charge in [0.15, 0.2) is 5.58 Å². The Morgan fingerprint density at radius 2 is 1.92 bits per heavy atom. The molecule has 0 unspecified atom stereocenters. The Labute approximate surface area is 134 Å². The third-order valence-electron chi connectivity index (χ3n) is 3.33. The van der Waals surface area contributed by atoms with Crippen LogP contribution in [0.25, 0.3) is 22.6 Å². The van der Waals surface area contributed by atoms with Gasteiger partial charge in [-0.15, -0.1) is 0 Å². The molecule has 0 saturated carbocycles. The fraction of sp³-hybridized carbons (Fsp3) is 0.176. The molecule has 0 N–H and O–H groups in total. The number of aromatic nitrogens is 1. The Morgan fingerprint density at radius 3 is 2.54 bits per heavy atom. The van der Waals surface area contributed by atoms with Gasteiger partial charge in [-0.05, 0) is 31.2 Å². The van der Waals surface area contributed by atoms with Crippen LogP contribution in [0.1, 0.15) is 22.8 Å². The average molecular weight is 335 g/mol. The molecule has 0 aliphatic heterocycles. The summed E-state index contributed by atoms with van der Waals surface area (Å²) in [6.07, 6.45) is -4.68. The molecule has 24 heavy (non-hydrogen) atoms. The molecule has 0 bridgehead atoms. The maximum Gasteiger partial charge on any atom is 0.418 e. The number of hydrogen-bond donors (Lipinski definition) is 0. The highest BCUT2D eigenvalue weighted by atomic mass is 19.4. The van der Waals surface area contributed by atoms with E-state index in [0.29, 0.717) is 5.56 Å². The van der Waals surface area contributed by atoms with Gasteiger partial charge in [0.25, 0.3) is 0 Å². The molecule has 2 aromatic carbocycles. The number of hydrogen-bond acceptors (Lipinski definition) is 4. The molecule has 7 heteroatoms. The van der Waals surface area contributed by atoms with Crippen molar-refractivity contribution in [3.05, 3.63) is 53.6 Å². The van der Waals surface area contributed by atoms with Gasteiger partial charge < -0.3 is 9.15 Å². The van der Waals surface area contributed by atoms with E-state index in [2.05, 4.69) is 4.98 Å². The van der Waals surface area contributed by atoms with E-state index in [-0.39, 0.29) is 29.2 Å². The van der Waals surface area contributed by atoms with Gasteiger partial charge in [0.05, 0.1) is 17.7 Å². The number of ether oxygens (including phenoxy) is 1. The number of halogens is 3. The second-order valence-electron chi connectivity index (χ2n) is 4.97. The number of carbonyl (C=O) groups excluding carboxylic acids is 1. The molecule has 0 saturated heterocycles. The van der Waals surface area contributed by atoms with Gasteiger partial charge in [-0.3, -0.25) is 0 Å². The van der Waals surface area contributed by atoms with Crippen molar-refractivity contribution in [3.8, 4) is 11.5 Å². The van der Waals surface area contributed by atoms with E-state index in [9.17, 15) is 18.0 Å². The maximum absolute atomic E-state index is 13.3. The zero-order chi connectivity index (χ0) is 17.3. The lowest BCUT2D eigenvalue weighted by Gasteiger charge is -2.08. The van der Waals surface area contributed by atoms with Crippen LogP contribution >= 0.6 is 0 Å². The fourth-order valence-electron chi connectivity index (χ4n) is 2.28. The first kappa shape index (κ1) is 16.0. The van der Waals surface area contributed by atoms with Crippen LogP contribution in [-0.4, -0.2) is 17.6 Å². The summed E-state index contributed by atoms with van der Waals surface area (Å²) in [4.78, 5) is 15.7. The van der Waals surface area contributed by atoms with Gasteiger partial charge in [-0.1, -0.05) is 18.2 Å². The summed E-state index contributed by atoms with van der Waals surface area (Å²) in [5, 5.41) is 0. The smallest absolute Gasteiger partial charge is 0.418 e. The van der Waals surface area contributed by atoms with E-state index in [1.165, 1.54) is 6.07 Å². The minimum Gasteiger partial charge on any atom is -0.462 e. The predicted molar refractivity (Wildman–Crippen MR) is 80.4 cm³/mol. The summed E-state index contributed by atoms with van der Waals surface area (Å²) < 4.78 is 50.2. The molecule has 124 valence electrons. The number of oxazole rings is 1. The number of nitrogens with zero attached hydrogens (tertiary/aromatic N) is 1. The Bertz CT molecular complexity index is 885. The van der Waals surface area contributed by atoms with E-state index in [0.717, 1.165) is 6.07 Å². The van der Waals surface area contributed by atoms with Crippen LogP contribution in [0.5, 0.6) is 0 Å². The van der Waals surface area contributed by atoms with Crippen LogP contribution in [0.4, 0.5) is 13.2 Å². The van der Waals surface area contributed by atoms with Crippen molar-refractivity contribution >= 4 is 17.1 Å². The lowest BCUT2D eigenvalue weighted by atomic mass is 10.1. The van der Waals surface area contributed by atoms with Gasteiger partial charge in [-0.25, -0.2) is 9.78 Å². The third-order valence-corrected chi connectivity index (χ3v) is 3.33. The zero-order valence-corrected chi connectivity index (χ0v) is 12.6. The van der Waals surface area contributed by atoms with Crippen LogP contribution in [0, 0.1) is 0 Å². The normalized spacial score (nSPS) is 11.7. The van der Waals surface area contributed by atoms with Crippen LogP contribution in [0.2, 0.25) is 0 Å². The minimum atomic E-state index is -4.68. The van der Waals surface area contributed by atoms with Gasteiger partial charge in [0, 0.05) is 5.56 Å². The summed E-state index contributed by atoms with van der Waals surface area (Å²) >= 11 is 0. The molecule has 0 spiro atoms. The van der Waals surface area contributed by atoms with Crippen molar-refractivity contribution in [2.24, 2.45) is 0 Å². The summed E-state index contributed by atoms with van der Waals surface area (Å²) in [6.45, 7) is 1.63. The SMILES string of the molecule is CCOC(=O)c1cc(C(F)(F)F)c2nc(-c3ccccc3)oc2c1. The quantitative estimate of drug-likeness (QED) is 0.652. The monoisotopic (exact) mass is 335 g/mol. The molecule has 3 rings (SSSR count). The van der Waals surface area contributed by atoms with Crippen molar-refractivity contribution in [1.29, 1.82) is 0 Å². The molecule has 0 amide bonds. The number of carbonyl (C=O) groups is 1. The van der Waals surface area contributed by atoms with Crippen molar-refractivity contribution in [2.75, 3.05) is 6.61 Å². The minimum absolute atomic E-state index is 0.0529.